The van der Waals surface area contributed by atoms with Gasteiger partial charge in [-0.2, -0.15) is 0 Å². The van der Waals surface area contributed by atoms with E-state index >= 15 is 0 Å². The van der Waals surface area contributed by atoms with E-state index in [4.69, 9.17) is 16.3 Å². The normalized spacial score (nSPS) is 21.5. The standard InChI is InChI=1S/C10H16ClN3O/c1-7(2)9-12-13-10(11)14(9)6-8-4-3-5-15-8/h7-8H,3-6H2,1-2H3. The lowest BCUT2D eigenvalue weighted by molar-refractivity contribution is 0.0961. The monoisotopic (exact) mass is 229 g/mol. The number of hydrogen-bond acceptors (Lipinski definition) is 3. The summed E-state index contributed by atoms with van der Waals surface area (Å²) in [6, 6.07) is 0. The van der Waals surface area contributed by atoms with Crippen LogP contribution in [-0.4, -0.2) is 27.5 Å². The summed E-state index contributed by atoms with van der Waals surface area (Å²) >= 11 is 6.00. The van der Waals surface area contributed by atoms with Gasteiger partial charge in [-0.15, -0.1) is 10.2 Å². The molecule has 0 radical (unpaired) electrons. The zero-order chi connectivity index (χ0) is 10.8. The molecule has 1 saturated heterocycles. The maximum atomic E-state index is 6.00. The van der Waals surface area contributed by atoms with E-state index in [1.54, 1.807) is 0 Å². The molecule has 0 aliphatic carbocycles. The van der Waals surface area contributed by atoms with Gasteiger partial charge in [-0.1, -0.05) is 13.8 Å². The second-order valence-electron chi connectivity index (χ2n) is 4.23. The van der Waals surface area contributed by atoms with Crippen LogP contribution in [0.3, 0.4) is 0 Å². The van der Waals surface area contributed by atoms with E-state index in [1.807, 2.05) is 4.57 Å². The lowest BCUT2D eigenvalue weighted by Gasteiger charge is -2.14. The molecule has 2 rings (SSSR count). The van der Waals surface area contributed by atoms with Crippen LogP contribution in [0.25, 0.3) is 0 Å². The minimum atomic E-state index is 0.274. The van der Waals surface area contributed by atoms with Crippen molar-refractivity contribution >= 4 is 11.6 Å². The highest BCUT2D eigenvalue weighted by molar-refractivity contribution is 6.28. The third-order valence-electron chi connectivity index (χ3n) is 2.66. The van der Waals surface area contributed by atoms with Crippen molar-refractivity contribution in [3.63, 3.8) is 0 Å². The van der Waals surface area contributed by atoms with E-state index in [-0.39, 0.29) is 6.10 Å². The number of halogens is 1. The van der Waals surface area contributed by atoms with Crippen LogP contribution in [0.4, 0.5) is 0 Å². The minimum Gasteiger partial charge on any atom is -0.376 e. The molecule has 84 valence electrons. The zero-order valence-electron chi connectivity index (χ0n) is 9.11. The van der Waals surface area contributed by atoms with Gasteiger partial charge in [-0.05, 0) is 24.4 Å². The highest BCUT2D eigenvalue weighted by atomic mass is 35.5. The van der Waals surface area contributed by atoms with Crippen LogP contribution >= 0.6 is 11.6 Å². The van der Waals surface area contributed by atoms with Crippen molar-refractivity contribution in [1.82, 2.24) is 14.8 Å². The summed E-state index contributed by atoms with van der Waals surface area (Å²) in [5, 5.41) is 8.45. The van der Waals surface area contributed by atoms with Crippen LogP contribution in [0.2, 0.25) is 5.28 Å². The Labute approximate surface area is 94.6 Å². The first-order valence-electron chi connectivity index (χ1n) is 5.38. The van der Waals surface area contributed by atoms with E-state index in [0.717, 1.165) is 31.8 Å². The van der Waals surface area contributed by atoms with Crippen molar-refractivity contribution in [2.75, 3.05) is 6.61 Å². The third-order valence-corrected chi connectivity index (χ3v) is 2.94. The van der Waals surface area contributed by atoms with Crippen molar-refractivity contribution < 1.29 is 4.74 Å². The Bertz CT molecular complexity index is 331. The van der Waals surface area contributed by atoms with E-state index < -0.39 is 0 Å². The Hall–Kier alpha value is -0.610. The Morgan fingerprint density at radius 1 is 1.53 bits per heavy atom. The van der Waals surface area contributed by atoms with Gasteiger partial charge in [0, 0.05) is 12.5 Å². The smallest absolute Gasteiger partial charge is 0.225 e. The van der Waals surface area contributed by atoms with Crippen LogP contribution in [0.15, 0.2) is 0 Å². The molecule has 1 atom stereocenters. The van der Waals surface area contributed by atoms with Crippen LogP contribution < -0.4 is 0 Å². The fourth-order valence-corrected chi connectivity index (χ4v) is 2.08. The number of hydrogen-bond donors (Lipinski definition) is 0. The van der Waals surface area contributed by atoms with Crippen molar-refractivity contribution in [3.05, 3.63) is 11.1 Å². The second kappa shape index (κ2) is 4.49. The predicted octanol–water partition coefficient (Wildman–Crippen LogP) is 2.23. The lowest BCUT2D eigenvalue weighted by atomic mass is 10.2. The maximum absolute atomic E-state index is 6.00. The lowest BCUT2D eigenvalue weighted by Crippen LogP contribution is -2.17. The molecule has 0 spiro atoms. The third kappa shape index (κ3) is 2.32. The molecule has 1 aliphatic heterocycles. The summed E-state index contributed by atoms with van der Waals surface area (Å²) in [5.41, 5.74) is 0. The molecule has 1 aliphatic rings. The first-order chi connectivity index (χ1) is 7.18. The van der Waals surface area contributed by atoms with Gasteiger partial charge >= 0.3 is 0 Å². The molecule has 0 amide bonds. The fraction of sp³-hybridized carbons (Fsp3) is 0.800. The molecule has 4 nitrogen and oxygen atoms in total. The molecule has 15 heavy (non-hydrogen) atoms. The molecule has 2 heterocycles. The van der Waals surface area contributed by atoms with Crippen LogP contribution in [0.5, 0.6) is 0 Å². The van der Waals surface area contributed by atoms with Crippen molar-refractivity contribution in [3.8, 4) is 0 Å². The summed E-state index contributed by atoms with van der Waals surface area (Å²) < 4.78 is 7.54. The summed E-state index contributed by atoms with van der Waals surface area (Å²) in [4.78, 5) is 0. The molecule has 1 aromatic rings. The Morgan fingerprint density at radius 2 is 2.33 bits per heavy atom. The first-order valence-corrected chi connectivity index (χ1v) is 5.76. The molecule has 0 aromatic carbocycles. The van der Waals surface area contributed by atoms with Crippen LogP contribution in [0, 0.1) is 0 Å². The van der Waals surface area contributed by atoms with Gasteiger partial charge in [0.05, 0.1) is 12.6 Å². The van der Waals surface area contributed by atoms with Crippen molar-refractivity contribution in [2.24, 2.45) is 0 Å². The van der Waals surface area contributed by atoms with Gasteiger partial charge in [0.2, 0.25) is 5.28 Å². The van der Waals surface area contributed by atoms with E-state index in [2.05, 4.69) is 24.0 Å². The molecule has 1 fully saturated rings. The number of nitrogens with zero attached hydrogens (tertiary/aromatic N) is 3. The highest BCUT2D eigenvalue weighted by Gasteiger charge is 2.20. The molecular weight excluding hydrogens is 214 g/mol. The Kier molecular flexibility index (Phi) is 3.26. The first kappa shape index (κ1) is 10.9. The average molecular weight is 230 g/mol. The molecular formula is C10H16ClN3O. The Morgan fingerprint density at radius 3 is 2.93 bits per heavy atom. The quantitative estimate of drug-likeness (QED) is 0.798. The summed E-state index contributed by atoms with van der Waals surface area (Å²) in [6.07, 6.45) is 2.52. The summed E-state index contributed by atoms with van der Waals surface area (Å²) in [5.74, 6) is 1.28. The summed E-state index contributed by atoms with van der Waals surface area (Å²) in [7, 11) is 0. The minimum absolute atomic E-state index is 0.274. The number of rotatable bonds is 3. The topological polar surface area (TPSA) is 39.9 Å². The largest absolute Gasteiger partial charge is 0.376 e. The number of aromatic nitrogens is 3. The van der Waals surface area contributed by atoms with Gasteiger partial charge in [0.15, 0.2) is 0 Å². The molecule has 1 aromatic heterocycles. The molecule has 5 heteroatoms. The van der Waals surface area contributed by atoms with E-state index in [9.17, 15) is 0 Å². The Balaban J connectivity index is 2.14. The van der Waals surface area contributed by atoms with Gasteiger partial charge < -0.3 is 4.74 Å². The fourth-order valence-electron chi connectivity index (χ4n) is 1.88. The molecule has 0 saturated carbocycles. The number of ether oxygens (including phenoxy) is 1. The maximum Gasteiger partial charge on any atom is 0.225 e. The second-order valence-corrected chi connectivity index (χ2v) is 4.57. The highest BCUT2D eigenvalue weighted by Crippen LogP contribution is 2.21. The van der Waals surface area contributed by atoms with Crippen LogP contribution in [-0.2, 0) is 11.3 Å². The molecule has 1 unspecified atom stereocenters. The zero-order valence-corrected chi connectivity index (χ0v) is 9.87. The van der Waals surface area contributed by atoms with Crippen molar-refractivity contribution in [1.29, 1.82) is 0 Å². The van der Waals surface area contributed by atoms with Gasteiger partial charge in [-0.3, -0.25) is 4.57 Å². The molecule has 0 N–H and O–H groups in total. The van der Waals surface area contributed by atoms with Gasteiger partial charge in [0.1, 0.15) is 5.82 Å². The van der Waals surface area contributed by atoms with Crippen molar-refractivity contribution in [2.45, 2.75) is 45.3 Å². The van der Waals surface area contributed by atoms with Gasteiger partial charge in [-0.25, -0.2) is 0 Å². The summed E-state index contributed by atoms with van der Waals surface area (Å²) in [6.45, 7) is 5.82. The average Bonchev–Trinajstić information content (AvgIpc) is 2.78. The van der Waals surface area contributed by atoms with Gasteiger partial charge in [0.25, 0.3) is 0 Å². The molecule has 0 bridgehead atoms. The van der Waals surface area contributed by atoms with Crippen LogP contribution in [0.1, 0.15) is 38.4 Å². The SMILES string of the molecule is CC(C)c1nnc(Cl)n1CC1CCCO1. The predicted molar refractivity (Wildman–Crippen MR) is 58.1 cm³/mol. The van der Waals surface area contributed by atoms with E-state index in [1.165, 1.54) is 0 Å². The van der Waals surface area contributed by atoms with E-state index in [0.29, 0.717) is 11.2 Å².